The molecule has 266 valence electrons. The van der Waals surface area contributed by atoms with Crippen molar-refractivity contribution in [2.75, 3.05) is 26.0 Å². The Morgan fingerprint density at radius 1 is 0.740 bits per heavy atom. The molecule has 4 N–H and O–H groups in total. The van der Waals surface area contributed by atoms with E-state index in [-0.39, 0.29) is 56.4 Å². The number of pyridine rings is 4. The summed E-state index contributed by atoms with van der Waals surface area (Å²) < 4.78 is 36.5. The Balaban J connectivity index is 1.68. The van der Waals surface area contributed by atoms with Crippen molar-refractivity contribution in [1.82, 2.24) is 24.8 Å². The summed E-state index contributed by atoms with van der Waals surface area (Å²) in [5.74, 6) is -2.38. The molecular formula is C33H39N5O10P2. The molecule has 17 heteroatoms. The number of aliphatic hydroxyl groups is 1. The maximum absolute atomic E-state index is 13.4. The van der Waals surface area contributed by atoms with Crippen molar-refractivity contribution < 1.29 is 48.0 Å². The molecule has 0 bridgehead atoms. The third-order valence-corrected chi connectivity index (χ3v) is 11.2. The predicted octanol–water partition coefficient (Wildman–Crippen LogP) is 3.70. The average Bonchev–Trinajstić information content (AvgIpc) is 3.08. The van der Waals surface area contributed by atoms with Crippen LogP contribution in [0.5, 0.6) is 0 Å². The Morgan fingerprint density at radius 3 is 1.70 bits per heavy atom. The number of carboxylic acids is 2. The summed E-state index contributed by atoms with van der Waals surface area (Å²) in [7, 11) is -7.58. The number of carboxylic acid groups (broad SMARTS) is 2. The lowest BCUT2D eigenvalue weighted by molar-refractivity contribution is -0.145. The van der Waals surface area contributed by atoms with E-state index < -0.39 is 39.4 Å². The molecule has 0 radical (unpaired) electrons. The van der Waals surface area contributed by atoms with Gasteiger partial charge in [-0.25, -0.2) is 19.9 Å². The third-order valence-electron chi connectivity index (χ3n) is 7.37. The van der Waals surface area contributed by atoms with Crippen LogP contribution in [0.4, 0.5) is 0 Å². The molecule has 4 rings (SSSR count). The van der Waals surface area contributed by atoms with Gasteiger partial charge in [-0.1, -0.05) is 24.3 Å². The van der Waals surface area contributed by atoms with Crippen molar-refractivity contribution in [1.29, 1.82) is 0 Å². The van der Waals surface area contributed by atoms with Gasteiger partial charge >= 0.3 is 19.5 Å². The van der Waals surface area contributed by atoms with Crippen LogP contribution < -0.4 is 10.9 Å². The minimum Gasteiger partial charge on any atom is -0.481 e. The second-order valence-corrected chi connectivity index (χ2v) is 15.2. The van der Waals surface area contributed by atoms with Crippen LogP contribution in [0.1, 0.15) is 38.1 Å². The van der Waals surface area contributed by atoms with Gasteiger partial charge in [0, 0.05) is 19.5 Å². The molecule has 3 atom stereocenters. The van der Waals surface area contributed by atoms with E-state index in [0.717, 1.165) is 0 Å². The molecule has 0 aliphatic heterocycles. The number of nitrogens with zero attached hydrogens (tertiary/aromatic N) is 5. The molecular weight excluding hydrogens is 688 g/mol. The maximum Gasteiger partial charge on any atom is 0.376 e. The smallest absolute Gasteiger partial charge is 0.376 e. The van der Waals surface area contributed by atoms with Crippen molar-refractivity contribution >= 4 is 37.8 Å². The van der Waals surface area contributed by atoms with E-state index in [0.29, 0.717) is 34.2 Å². The molecule has 0 spiro atoms. The zero-order valence-corrected chi connectivity index (χ0v) is 29.3. The molecule has 4 heterocycles. The van der Waals surface area contributed by atoms with Crippen molar-refractivity contribution in [2.24, 2.45) is 0 Å². The molecule has 4 aromatic heterocycles. The second-order valence-electron chi connectivity index (χ2n) is 11.0. The number of carbonyl (C=O) groups is 2. The number of aromatic nitrogens is 4. The summed E-state index contributed by atoms with van der Waals surface area (Å²) in [6.45, 7) is 3.07. The molecule has 0 aromatic carbocycles. The summed E-state index contributed by atoms with van der Waals surface area (Å²) in [5, 5.41) is 29.0. The molecule has 15 nitrogen and oxygen atoms in total. The fourth-order valence-electron chi connectivity index (χ4n) is 5.14. The summed E-state index contributed by atoms with van der Waals surface area (Å²) in [6.07, 6.45) is -0.687. The van der Waals surface area contributed by atoms with Gasteiger partial charge in [0.1, 0.15) is 11.5 Å². The normalized spacial score (nSPS) is 14.5. The molecule has 0 aliphatic carbocycles. The number of aliphatic carboxylic acids is 2. The van der Waals surface area contributed by atoms with E-state index in [2.05, 4.69) is 15.0 Å². The maximum atomic E-state index is 13.4. The third kappa shape index (κ3) is 10.2. The number of hydrogen-bond donors (Lipinski definition) is 4. The van der Waals surface area contributed by atoms with Gasteiger partial charge in [0.05, 0.1) is 60.1 Å². The number of aliphatic hydroxyl groups excluding tert-OH is 1. The highest BCUT2D eigenvalue weighted by molar-refractivity contribution is 7.66. The van der Waals surface area contributed by atoms with Gasteiger partial charge in [-0.05, 0) is 68.8 Å². The van der Waals surface area contributed by atoms with Gasteiger partial charge in [0.15, 0.2) is 5.44 Å². The lowest BCUT2D eigenvalue weighted by atomic mass is 10.1. The lowest BCUT2D eigenvalue weighted by Gasteiger charge is -2.28. The Bertz CT molecular complexity index is 1890. The van der Waals surface area contributed by atoms with Gasteiger partial charge < -0.3 is 29.3 Å². The van der Waals surface area contributed by atoms with Gasteiger partial charge in [0.2, 0.25) is 0 Å². The molecule has 0 amide bonds. The van der Waals surface area contributed by atoms with Crippen LogP contribution in [0.25, 0.3) is 22.8 Å². The largest absolute Gasteiger partial charge is 0.481 e. The summed E-state index contributed by atoms with van der Waals surface area (Å²) in [4.78, 5) is 54.0. The highest BCUT2D eigenvalue weighted by Crippen LogP contribution is 2.44. The Morgan fingerprint density at radius 2 is 1.22 bits per heavy atom. The monoisotopic (exact) mass is 727 g/mol. The van der Waals surface area contributed by atoms with E-state index in [1.54, 1.807) is 85.5 Å². The summed E-state index contributed by atoms with van der Waals surface area (Å²) >= 11 is 0. The second kappa shape index (κ2) is 17.6. The highest BCUT2D eigenvalue weighted by atomic mass is 31.2. The van der Waals surface area contributed by atoms with Gasteiger partial charge in [-0.2, -0.15) is 0 Å². The lowest BCUT2D eigenvalue weighted by Crippen LogP contribution is -2.41. The zero-order chi connectivity index (χ0) is 36.3. The molecule has 0 fully saturated rings. The van der Waals surface area contributed by atoms with Crippen LogP contribution in [0, 0.1) is 0 Å². The quantitative estimate of drug-likeness (QED) is 0.101. The molecule has 0 saturated heterocycles. The minimum atomic E-state index is -4.15. The molecule has 0 aliphatic rings. The van der Waals surface area contributed by atoms with Crippen LogP contribution in [0.3, 0.4) is 0 Å². The van der Waals surface area contributed by atoms with E-state index in [1.807, 2.05) is 0 Å². The topological polar surface area (TPSA) is 222 Å². The Labute approximate surface area is 289 Å². The van der Waals surface area contributed by atoms with Crippen LogP contribution in [-0.2, 0) is 40.9 Å². The van der Waals surface area contributed by atoms with Gasteiger partial charge in [0.25, 0.3) is 7.37 Å². The van der Waals surface area contributed by atoms with Crippen LogP contribution in [-0.4, -0.2) is 89.0 Å². The fourth-order valence-corrected chi connectivity index (χ4v) is 7.88. The number of rotatable bonds is 19. The van der Waals surface area contributed by atoms with Crippen LogP contribution in [0.2, 0.25) is 0 Å². The first kappa shape index (κ1) is 38.6. The highest BCUT2D eigenvalue weighted by Gasteiger charge is 2.29. The van der Waals surface area contributed by atoms with E-state index in [1.165, 1.54) is 6.07 Å². The fraction of sp³-hybridized carbons (Fsp3) is 0.333. The SMILES string of the molecule is CCOP(=O)(O)c1cccc(-c2cccc(CN(Cc3cccc(-c4cccc(P(=O)(CCO)OCC)n4)n3)C(CCC(=O)O)C(=O)O)n2)n1. The van der Waals surface area contributed by atoms with E-state index in [9.17, 15) is 38.9 Å². The zero-order valence-electron chi connectivity index (χ0n) is 27.5. The molecule has 0 saturated carbocycles. The van der Waals surface area contributed by atoms with Crippen molar-refractivity contribution in [3.05, 3.63) is 84.2 Å². The van der Waals surface area contributed by atoms with Gasteiger partial charge in [-0.3, -0.25) is 23.6 Å². The van der Waals surface area contributed by atoms with Crippen LogP contribution >= 0.6 is 15.0 Å². The van der Waals surface area contributed by atoms with Crippen molar-refractivity contribution in [3.63, 3.8) is 0 Å². The molecule has 4 aromatic rings. The standard InChI is InChI=1S/C33H39N5O10P2/c1-3-47-49(44,20-19-39)30-15-7-13-27(36-30)25-11-5-9-23(34-25)21-38(29(33(42)43)17-18-32(40)41)22-24-10-6-12-26(35-24)28-14-8-16-31(37-28)50(45,46)48-4-2/h5-16,29,39H,3-4,17-22H2,1-2H3,(H,40,41)(H,42,43)(H,45,46). The molecule has 50 heavy (non-hydrogen) atoms. The van der Waals surface area contributed by atoms with Crippen molar-refractivity contribution in [3.8, 4) is 22.8 Å². The van der Waals surface area contributed by atoms with E-state index >= 15 is 0 Å². The summed E-state index contributed by atoms with van der Waals surface area (Å²) in [5.41, 5.74) is 2.35. The number of hydrogen-bond acceptors (Lipinski definition) is 12. The van der Waals surface area contributed by atoms with Crippen LogP contribution in [0.15, 0.2) is 72.8 Å². The average molecular weight is 728 g/mol. The molecule has 3 unspecified atom stereocenters. The minimum absolute atomic E-state index is 0.0111. The first-order chi connectivity index (χ1) is 23.9. The Kier molecular flexibility index (Phi) is 13.6. The Hall–Kier alpha value is -4.20. The summed E-state index contributed by atoms with van der Waals surface area (Å²) in [6, 6.07) is 18.3. The van der Waals surface area contributed by atoms with Crippen molar-refractivity contribution in [2.45, 2.75) is 45.8 Å². The first-order valence-corrected chi connectivity index (χ1v) is 19.2. The van der Waals surface area contributed by atoms with Gasteiger partial charge in [-0.15, -0.1) is 0 Å². The first-order valence-electron chi connectivity index (χ1n) is 15.8. The van der Waals surface area contributed by atoms with E-state index in [4.69, 9.17) is 14.0 Å². The predicted molar refractivity (Wildman–Crippen MR) is 184 cm³/mol.